The largest absolute Gasteiger partial charge is 0.328 e. The predicted molar refractivity (Wildman–Crippen MR) is 59.2 cm³/mol. The SMILES string of the molecule is CCn1cncc1C(=O)C1CCCC(=O)C1. The molecule has 1 aliphatic carbocycles. The van der Waals surface area contributed by atoms with Crippen molar-refractivity contribution in [3.8, 4) is 0 Å². The number of nitrogens with zero attached hydrogens (tertiary/aromatic N) is 2. The van der Waals surface area contributed by atoms with Gasteiger partial charge in [-0.2, -0.15) is 0 Å². The summed E-state index contributed by atoms with van der Waals surface area (Å²) in [6.07, 6.45) is 5.99. The van der Waals surface area contributed by atoms with Gasteiger partial charge in [0.1, 0.15) is 11.5 Å². The van der Waals surface area contributed by atoms with E-state index in [0.717, 1.165) is 19.4 Å². The fourth-order valence-corrected chi connectivity index (χ4v) is 2.24. The van der Waals surface area contributed by atoms with Crippen LogP contribution in [0.15, 0.2) is 12.5 Å². The third-order valence-corrected chi connectivity index (χ3v) is 3.16. The van der Waals surface area contributed by atoms with Crippen LogP contribution < -0.4 is 0 Å². The smallest absolute Gasteiger partial charge is 0.184 e. The van der Waals surface area contributed by atoms with Gasteiger partial charge >= 0.3 is 0 Å². The van der Waals surface area contributed by atoms with Crippen LogP contribution in [0.3, 0.4) is 0 Å². The molecule has 86 valence electrons. The van der Waals surface area contributed by atoms with Crippen LogP contribution in [0.2, 0.25) is 0 Å². The number of hydrogen-bond acceptors (Lipinski definition) is 3. The molecule has 4 nitrogen and oxygen atoms in total. The van der Waals surface area contributed by atoms with Crippen molar-refractivity contribution in [3.63, 3.8) is 0 Å². The van der Waals surface area contributed by atoms with E-state index in [1.807, 2.05) is 11.5 Å². The van der Waals surface area contributed by atoms with Gasteiger partial charge in [0.05, 0.1) is 12.5 Å². The Balaban J connectivity index is 2.15. The monoisotopic (exact) mass is 220 g/mol. The van der Waals surface area contributed by atoms with E-state index in [4.69, 9.17) is 0 Å². The lowest BCUT2D eigenvalue weighted by Gasteiger charge is -2.19. The maximum Gasteiger partial charge on any atom is 0.184 e. The summed E-state index contributed by atoms with van der Waals surface area (Å²) in [6.45, 7) is 2.71. The Morgan fingerprint density at radius 3 is 3.12 bits per heavy atom. The number of imidazole rings is 1. The van der Waals surface area contributed by atoms with Gasteiger partial charge in [-0.05, 0) is 19.8 Å². The fourth-order valence-electron chi connectivity index (χ4n) is 2.24. The van der Waals surface area contributed by atoms with E-state index < -0.39 is 0 Å². The van der Waals surface area contributed by atoms with E-state index in [-0.39, 0.29) is 17.5 Å². The lowest BCUT2D eigenvalue weighted by molar-refractivity contribution is -0.121. The Labute approximate surface area is 94.7 Å². The molecule has 1 atom stereocenters. The summed E-state index contributed by atoms with van der Waals surface area (Å²) < 4.78 is 1.83. The highest BCUT2D eigenvalue weighted by Gasteiger charge is 2.28. The van der Waals surface area contributed by atoms with Gasteiger partial charge in [0.15, 0.2) is 5.78 Å². The first-order chi connectivity index (χ1) is 7.72. The Hall–Kier alpha value is -1.45. The van der Waals surface area contributed by atoms with Crippen molar-refractivity contribution < 1.29 is 9.59 Å². The molecule has 1 heterocycles. The average molecular weight is 220 g/mol. The Bertz CT molecular complexity index is 409. The first kappa shape index (κ1) is 11.0. The van der Waals surface area contributed by atoms with Crippen LogP contribution in [-0.4, -0.2) is 21.1 Å². The molecule has 2 rings (SSSR count). The molecule has 1 fully saturated rings. The molecule has 0 N–H and O–H groups in total. The summed E-state index contributed by atoms with van der Waals surface area (Å²) in [6, 6.07) is 0. The summed E-state index contributed by atoms with van der Waals surface area (Å²) in [5.41, 5.74) is 0.641. The standard InChI is InChI=1S/C12H16N2O2/c1-2-14-8-13-7-11(14)12(16)9-4-3-5-10(15)6-9/h7-9H,2-6H2,1H3. The Morgan fingerprint density at radius 1 is 1.62 bits per heavy atom. The molecule has 16 heavy (non-hydrogen) atoms. The van der Waals surface area contributed by atoms with Crippen molar-refractivity contribution in [2.24, 2.45) is 5.92 Å². The molecule has 0 aliphatic heterocycles. The van der Waals surface area contributed by atoms with Crippen molar-refractivity contribution in [3.05, 3.63) is 18.2 Å². The van der Waals surface area contributed by atoms with Gasteiger partial charge in [0, 0.05) is 25.3 Å². The molecule has 1 unspecified atom stereocenters. The van der Waals surface area contributed by atoms with E-state index >= 15 is 0 Å². The van der Waals surface area contributed by atoms with Crippen LogP contribution in [0.25, 0.3) is 0 Å². The predicted octanol–water partition coefficient (Wildman–Crippen LogP) is 1.84. The second-order valence-corrected chi connectivity index (χ2v) is 4.26. The molecule has 4 heteroatoms. The maximum atomic E-state index is 12.2. The maximum absolute atomic E-state index is 12.2. The number of aryl methyl sites for hydroxylation is 1. The minimum Gasteiger partial charge on any atom is -0.328 e. The minimum absolute atomic E-state index is 0.0763. The number of Topliss-reactive ketones (excluding diaryl/α,β-unsaturated/α-hetero) is 2. The van der Waals surface area contributed by atoms with E-state index in [0.29, 0.717) is 18.5 Å². The van der Waals surface area contributed by atoms with Crippen LogP contribution in [0, 0.1) is 5.92 Å². The molecule has 1 saturated carbocycles. The number of aromatic nitrogens is 2. The number of carbonyl (C=O) groups excluding carboxylic acids is 2. The number of carbonyl (C=O) groups is 2. The summed E-state index contributed by atoms with van der Waals surface area (Å²) >= 11 is 0. The third-order valence-electron chi connectivity index (χ3n) is 3.16. The molecule has 0 radical (unpaired) electrons. The van der Waals surface area contributed by atoms with E-state index in [1.54, 1.807) is 12.5 Å². The Kier molecular flexibility index (Phi) is 3.17. The lowest BCUT2D eigenvalue weighted by atomic mass is 9.84. The van der Waals surface area contributed by atoms with Crippen LogP contribution in [0.1, 0.15) is 43.1 Å². The zero-order valence-corrected chi connectivity index (χ0v) is 9.48. The van der Waals surface area contributed by atoms with Crippen LogP contribution in [0.5, 0.6) is 0 Å². The highest BCUT2D eigenvalue weighted by molar-refractivity contribution is 5.99. The molecule has 0 aromatic carbocycles. The van der Waals surface area contributed by atoms with E-state index in [9.17, 15) is 9.59 Å². The average Bonchev–Trinajstić information content (AvgIpc) is 2.76. The van der Waals surface area contributed by atoms with Gasteiger partial charge in [-0.1, -0.05) is 0 Å². The first-order valence-corrected chi connectivity index (χ1v) is 5.78. The molecule has 0 amide bonds. The lowest BCUT2D eigenvalue weighted by Crippen LogP contribution is -2.24. The molecule has 0 spiro atoms. The van der Waals surface area contributed by atoms with Gasteiger partial charge < -0.3 is 4.57 Å². The van der Waals surface area contributed by atoms with Gasteiger partial charge in [-0.15, -0.1) is 0 Å². The summed E-state index contributed by atoms with van der Waals surface area (Å²) in [5.74, 6) is 0.169. The summed E-state index contributed by atoms with van der Waals surface area (Å²) in [4.78, 5) is 27.5. The first-order valence-electron chi connectivity index (χ1n) is 5.78. The van der Waals surface area contributed by atoms with E-state index in [1.165, 1.54) is 0 Å². The van der Waals surface area contributed by atoms with Gasteiger partial charge in [0.2, 0.25) is 0 Å². The fraction of sp³-hybridized carbons (Fsp3) is 0.583. The van der Waals surface area contributed by atoms with Gasteiger partial charge in [0.25, 0.3) is 0 Å². The minimum atomic E-state index is -0.122. The summed E-state index contributed by atoms with van der Waals surface area (Å²) in [5, 5.41) is 0. The normalized spacial score (nSPS) is 21.1. The van der Waals surface area contributed by atoms with Crippen molar-refractivity contribution >= 4 is 11.6 Å². The highest BCUT2D eigenvalue weighted by Crippen LogP contribution is 2.24. The number of ketones is 2. The van der Waals surface area contributed by atoms with Crippen LogP contribution in [-0.2, 0) is 11.3 Å². The van der Waals surface area contributed by atoms with Crippen molar-refractivity contribution in [1.82, 2.24) is 9.55 Å². The van der Waals surface area contributed by atoms with Crippen molar-refractivity contribution in [2.45, 2.75) is 39.2 Å². The zero-order chi connectivity index (χ0) is 11.5. The molecule has 0 bridgehead atoms. The molecule has 1 aromatic heterocycles. The van der Waals surface area contributed by atoms with E-state index in [2.05, 4.69) is 4.98 Å². The molecular weight excluding hydrogens is 204 g/mol. The quantitative estimate of drug-likeness (QED) is 0.730. The van der Waals surface area contributed by atoms with Crippen molar-refractivity contribution in [1.29, 1.82) is 0 Å². The third kappa shape index (κ3) is 2.05. The van der Waals surface area contributed by atoms with Crippen molar-refractivity contribution in [2.75, 3.05) is 0 Å². The molecular formula is C12H16N2O2. The zero-order valence-electron chi connectivity index (χ0n) is 9.48. The van der Waals surface area contributed by atoms with Crippen LogP contribution in [0.4, 0.5) is 0 Å². The Morgan fingerprint density at radius 2 is 2.44 bits per heavy atom. The molecule has 0 saturated heterocycles. The second-order valence-electron chi connectivity index (χ2n) is 4.26. The molecule has 1 aromatic rings. The molecule has 1 aliphatic rings. The highest BCUT2D eigenvalue weighted by atomic mass is 16.1. The van der Waals surface area contributed by atoms with Crippen LogP contribution >= 0.6 is 0 Å². The van der Waals surface area contributed by atoms with Gasteiger partial charge in [-0.3, -0.25) is 9.59 Å². The number of rotatable bonds is 3. The second kappa shape index (κ2) is 4.60. The topological polar surface area (TPSA) is 52.0 Å². The summed E-state index contributed by atoms with van der Waals surface area (Å²) in [7, 11) is 0. The number of hydrogen-bond donors (Lipinski definition) is 0. The van der Waals surface area contributed by atoms with Gasteiger partial charge in [-0.25, -0.2) is 4.98 Å².